The van der Waals surface area contributed by atoms with Crippen LogP contribution in [0, 0.1) is 0 Å². The zero-order chi connectivity index (χ0) is 22.6. The van der Waals surface area contributed by atoms with Crippen molar-refractivity contribution in [2.45, 2.75) is 17.4 Å². The van der Waals surface area contributed by atoms with E-state index in [1.807, 2.05) is 52.7 Å². The van der Waals surface area contributed by atoms with Crippen LogP contribution in [0.4, 0.5) is 0 Å². The van der Waals surface area contributed by atoms with E-state index < -0.39 is 10.0 Å². The average Bonchev–Trinajstić information content (AvgIpc) is 3.33. The second-order valence-electron chi connectivity index (χ2n) is 7.94. The number of nitrogens with one attached hydrogen (secondary N) is 1. The van der Waals surface area contributed by atoms with Crippen molar-refractivity contribution in [2.24, 2.45) is 0 Å². The van der Waals surface area contributed by atoms with E-state index in [-0.39, 0.29) is 16.8 Å². The van der Waals surface area contributed by atoms with Gasteiger partial charge in [0, 0.05) is 36.6 Å². The van der Waals surface area contributed by atoms with Gasteiger partial charge in [-0.15, -0.1) is 11.3 Å². The second kappa shape index (κ2) is 9.95. The molecular formula is C24H27N3O3S2. The first-order valence-corrected chi connectivity index (χ1v) is 13.0. The lowest BCUT2D eigenvalue weighted by atomic mass is 10.0. The van der Waals surface area contributed by atoms with Crippen LogP contribution in [0.5, 0.6) is 0 Å². The first-order valence-electron chi connectivity index (χ1n) is 10.6. The summed E-state index contributed by atoms with van der Waals surface area (Å²) >= 11 is 1.61. The first kappa shape index (κ1) is 22.7. The Labute approximate surface area is 193 Å². The number of piperazine rings is 1. The fraction of sp³-hybridized carbons (Fsp3) is 0.292. The Kier molecular flexibility index (Phi) is 7.05. The third-order valence-corrected chi connectivity index (χ3v) is 8.10. The summed E-state index contributed by atoms with van der Waals surface area (Å²) in [6.45, 7) is 2.52. The Morgan fingerprint density at radius 1 is 1.03 bits per heavy atom. The summed E-state index contributed by atoms with van der Waals surface area (Å²) in [7, 11) is -1.56. The minimum atomic E-state index is -3.62. The van der Waals surface area contributed by atoms with Crippen LogP contribution < -0.4 is 4.72 Å². The van der Waals surface area contributed by atoms with E-state index in [9.17, 15) is 13.2 Å². The molecule has 2 aromatic carbocycles. The Morgan fingerprint density at radius 3 is 2.47 bits per heavy atom. The van der Waals surface area contributed by atoms with Crippen LogP contribution in [0.3, 0.4) is 0 Å². The van der Waals surface area contributed by atoms with Gasteiger partial charge < -0.3 is 9.80 Å². The van der Waals surface area contributed by atoms with Gasteiger partial charge in [-0.1, -0.05) is 36.4 Å². The Hall–Kier alpha value is -2.52. The van der Waals surface area contributed by atoms with Crippen molar-refractivity contribution >= 4 is 27.3 Å². The summed E-state index contributed by atoms with van der Waals surface area (Å²) < 4.78 is 27.9. The number of thiophene rings is 1. The summed E-state index contributed by atoms with van der Waals surface area (Å²) in [6, 6.07) is 20.2. The molecule has 1 amide bonds. The van der Waals surface area contributed by atoms with Gasteiger partial charge in [0.2, 0.25) is 10.0 Å². The van der Waals surface area contributed by atoms with Crippen molar-refractivity contribution < 1.29 is 13.2 Å². The fourth-order valence-electron chi connectivity index (χ4n) is 3.91. The highest BCUT2D eigenvalue weighted by molar-refractivity contribution is 7.89. The largest absolute Gasteiger partial charge is 0.329 e. The highest BCUT2D eigenvalue weighted by Crippen LogP contribution is 2.27. The number of hydrogen-bond donors (Lipinski definition) is 1. The van der Waals surface area contributed by atoms with Crippen molar-refractivity contribution in [3.8, 4) is 0 Å². The molecule has 1 aromatic heterocycles. The normalized spacial score (nSPS) is 17.4. The molecule has 0 saturated carbocycles. The molecule has 0 spiro atoms. The molecule has 1 aliphatic heterocycles. The molecule has 6 nitrogen and oxygen atoms in total. The molecule has 0 bridgehead atoms. The van der Waals surface area contributed by atoms with Crippen LogP contribution >= 0.6 is 11.3 Å². The third-order valence-electron chi connectivity index (χ3n) is 5.68. The third kappa shape index (κ3) is 5.27. The number of nitrogens with zero attached hydrogens (tertiary/aromatic N) is 2. The molecule has 0 radical (unpaired) electrons. The minimum absolute atomic E-state index is 0.0372. The Morgan fingerprint density at radius 2 is 1.78 bits per heavy atom. The average molecular weight is 470 g/mol. The topological polar surface area (TPSA) is 69.7 Å². The van der Waals surface area contributed by atoms with E-state index in [4.69, 9.17) is 0 Å². The smallest absolute Gasteiger partial charge is 0.254 e. The number of amides is 1. The second-order valence-corrected chi connectivity index (χ2v) is 10.7. The van der Waals surface area contributed by atoms with Gasteiger partial charge in [-0.05, 0) is 54.7 Å². The van der Waals surface area contributed by atoms with Gasteiger partial charge in [0.1, 0.15) is 0 Å². The summed E-state index contributed by atoms with van der Waals surface area (Å²) in [5, 5.41) is 1.97. The molecule has 168 valence electrons. The van der Waals surface area contributed by atoms with Crippen LogP contribution in [0.25, 0.3) is 0 Å². The van der Waals surface area contributed by atoms with Gasteiger partial charge in [-0.2, -0.15) is 0 Å². The Balaban J connectivity index is 1.46. The van der Waals surface area contributed by atoms with Crippen LogP contribution in [0.2, 0.25) is 0 Å². The summed E-state index contributed by atoms with van der Waals surface area (Å²) in [5.41, 5.74) is 1.59. The zero-order valence-electron chi connectivity index (χ0n) is 18.0. The maximum Gasteiger partial charge on any atom is 0.254 e. The number of carbonyl (C=O) groups is 1. The quantitative estimate of drug-likeness (QED) is 0.576. The van der Waals surface area contributed by atoms with Gasteiger partial charge in [-0.25, -0.2) is 13.1 Å². The van der Waals surface area contributed by atoms with Crippen molar-refractivity contribution in [1.82, 2.24) is 14.5 Å². The van der Waals surface area contributed by atoms with Crippen molar-refractivity contribution in [3.63, 3.8) is 0 Å². The summed E-state index contributed by atoms with van der Waals surface area (Å²) in [6.07, 6.45) is 0.651. The van der Waals surface area contributed by atoms with Gasteiger partial charge >= 0.3 is 0 Å². The number of hydrogen-bond acceptors (Lipinski definition) is 5. The van der Waals surface area contributed by atoms with E-state index >= 15 is 0 Å². The van der Waals surface area contributed by atoms with Crippen LogP contribution in [-0.2, 0) is 16.4 Å². The van der Waals surface area contributed by atoms with Crippen molar-refractivity contribution in [2.75, 3.05) is 33.2 Å². The highest BCUT2D eigenvalue weighted by atomic mass is 32.2. The van der Waals surface area contributed by atoms with Gasteiger partial charge in [0.25, 0.3) is 5.91 Å². The van der Waals surface area contributed by atoms with E-state index in [0.717, 1.165) is 23.5 Å². The predicted molar refractivity (Wildman–Crippen MR) is 127 cm³/mol. The molecule has 1 saturated heterocycles. The molecule has 1 atom stereocenters. The monoisotopic (exact) mass is 469 g/mol. The molecule has 8 heteroatoms. The molecule has 4 rings (SSSR count). The van der Waals surface area contributed by atoms with Gasteiger partial charge in [-0.3, -0.25) is 4.79 Å². The number of sulfonamides is 1. The molecule has 3 aromatic rings. The van der Waals surface area contributed by atoms with E-state index in [0.29, 0.717) is 25.1 Å². The first-order chi connectivity index (χ1) is 15.4. The molecule has 2 heterocycles. The van der Waals surface area contributed by atoms with E-state index in [1.54, 1.807) is 23.5 Å². The van der Waals surface area contributed by atoms with E-state index in [2.05, 4.69) is 16.7 Å². The highest BCUT2D eigenvalue weighted by Gasteiger charge is 2.31. The van der Waals surface area contributed by atoms with E-state index in [1.165, 1.54) is 12.1 Å². The number of likely N-dealkylation sites (N-methyl/N-ethyl adjacent to an activating group) is 1. The summed E-state index contributed by atoms with van der Waals surface area (Å²) in [5.74, 6) is -0.0819. The molecule has 1 fully saturated rings. The fourth-order valence-corrected chi connectivity index (χ4v) is 5.65. The van der Waals surface area contributed by atoms with Crippen molar-refractivity contribution in [1.29, 1.82) is 0 Å². The van der Waals surface area contributed by atoms with Gasteiger partial charge in [0.15, 0.2) is 0 Å². The lowest BCUT2D eigenvalue weighted by Gasteiger charge is -2.40. The van der Waals surface area contributed by atoms with Crippen LogP contribution in [0.15, 0.2) is 77.0 Å². The zero-order valence-corrected chi connectivity index (χ0v) is 19.6. The summed E-state index contributed by atoms with van der Waals surface area (Å²) in [4.78, 5) is 18.7. The van der Waals surface area contributed by atoms with Crippen LogP contribution in [-0.4, -0.2) is 57.4 Å². The molecule has 1 N–H and O–H groups in total. The molecule has 0 aliphatic carbocycles. The number of carbonyl (C=O) groups excluding carboxylic acids is 1. The predicted octanol–water partition coefficient (Wildman–Crippen LogP) is 3.40. The molecular weight excluding hydrogens is 442 g/mol. The standard InChI is InChI=1S/C24H27N3O3S2/c1-26-15-16-27(23(18-26)19-6-3-2-4-7-19)24(28)20-9-11-22(12-10-20)32(29,30)25-14-13-21-8-5-17-31-21/h2-12,17,23,25H,13-16,18H2,1H3/t23-/m1/s1. The van der Waals surface area contributed by atoms with Gasteiger partial charge in [0.05, 0.1) is 10.9 Å². The Bertz CT molecular complexity index is 1130. The lowest BCUT2D eigenvalue weighted by Crippen LogP contribution is -2.49. The molecule has 32 heavy (non-hydrogen) atoms. The number of rotatable bonds is 7. The SMILES string of the molecule is CN1CCN(C(=O)c2ccc(S(=O)(=O)NCCc3cccs3)cc2)[C@@H](c2ccccc2)C1. The van der Waals surface area contributed by atoms with Crippen molar-refractivity contribution in [3.05, 3.63) is 88.1 Å². The molecule has 0 unspecified atom stereocenters. The number of benzene rings is 2. The maximum absolute atomic E-state index is 13.3. The van der Waals surface area contributed by atoms with Crippen LogP contribution in [0.1, 0.15) is 26.8 Å². The minimum Gasteiger partial charge on any atom is -0.329 e. The lowest BCUT2D eigenvalue weighted by molar-refractivity contribution is 0.0498. The molecule has 1 aliphatic rings. The maximum atomic E-state index is 13.3.